The second kappa shape index (κ2) is 6.49. The number of nitrogens with zero attached hydrogens (tertiary/aromatic N) is 2. The van der Waals surface area contributed by atoms with Gasteiger partial charge in [-0.3, -0.25) is 0 Å². The molecule has 2 aromatic rings. The fraction of sp³-hybridized carbons (Fsp3) is 0.308. The van der Waals surface area contributed by atoms with E-state index in [1.165, 1.54) is 11.8 Å². The van der Waals surface area contributed by atoms with Crippen LogP contribution < -0.4 is 0 Å². The van der Waals surface area contributed by atoms with Crippen molar-refractivity contribution in [2.45, 2.75) is 11.3 Å². The van der Waals surface area contributed by atoms with Crippen LogP contribution in [0.3, 0.4) is 0 Å². The Morgan fingerprint density at radius 1 is 1.37 bits per heavy atom. The van der Waals surface area contributed by atoms with Crippen LogP contribution in [-0.2, 0) is 4.74 Å². The molecular formula is C13H14N2O3S. The van der Waals surface area contributed by atoms with Crippen molar-refractivity contribution in [3.05, 3.63) is 30.0 Å². The lowest BCUT2D eigenvalue weighted by Crippen LogP contribution is -2.05. The first kappa shape index (κ1) is 13.8. The fourth-order valence-corrected chi connectivity index (χ4v) is 2.75. The molecule has 0 bridgehead atoms. The maximum atomic E-state index is 11.2. The minimum Gasteiger partial charge on any atom is -0.476 e. The monoisotopic (exact) mass is 278 g/mol. The summed E-state index contributed by atoms with van der Waals surface area (Å²) in [6.07, 6.45) is 0.858. The Morgan fingerprint density at radius 3 is 2.89 bits per heavy atom. The molecule has 1 N–H and O–H groups in total. The maximum Gasteiger partial charge on any atom is 0.357 e. The average molecular weight is 278 g/mol. The van der Waals surface area contributed by atoms with Crippen molar-refractivity contribution in [1.29, 1.82) is 0 Å². The Labute approximate surface area is 115 Å². The number of carboxylic acid groups (broad SMARTS) is 1. The lowest BCUT2D eigenvalue weighted by Gasteiger charge is -2.08. The van der Waals surface area contributed by atoms with Crippen LogP contribution >= 0.6 is 11.8 Å². The Morgan fingerprint density at radius 2 is 2.16 bits per heavy atom. The third-order valence-electron chi connectivity index (χ3n) is 2.56. The van der Waals surface area contributed by atoms with E-state index in [9.17, 15) is 9.90 Å². The zero-order chi connectivity index (χ0) is 13.7. The molecule has 0 spiro atoms. The molecule has 6 heteroatoms. The molecule has 0 amide bonds. The van der Waals surface area contributed by atoms with Gasteiger partial charge in [-0.25, -0.2) is 4.79 Å². The van der Waals surface area contributed by atoms with E-state index in [0.717, 1.165) is 17.6 Å². The molecule has 2 rings (SSSR count). The second-order valence-electron chi connectivity index (χ2n) is 3.89. The van der Waals surface area contributed by atoms with Gasteiger partial charge in [-0.05, 0) is 12.5 Å². The molecule has 1 heterocycles. The van der Waals surface area contributed by atoms with Gasteiger partial charge in [0.25, 0.3) is 0 Å². The highest BCUT2D eigenvalue weighted by Gasteiger charge is 2.16. The summed E-state index contributed by atoms with van der Waals surface area (Å²) in [5, 5.41) is 17.8. The maximum absolute atomic E-state index is 11.2. The number of benzene rings is 1. The normalized spacial score (nSPS) is 10.8. The van der Waals surface area contributed by atoms with Gasteiger partial charge in [-0.1, -0.05) is 18.2 Å². The van der Waals surface area contributed by atoms with Gasteiger partial charge in [0.15, 0.2) is 5.69 Å². The van der Waals surface area contributed by atoms with Crippen molar-refractivity contribution in [3.63, 3.8) is 0 Å². The molecule has 5 nitrogen and oxygen atoms in total. The van der Waals surface area contributed by atoms with E-state index in [0.29, 0.717) is 17.0 Å². The molecule has 0 saturated carbocycles. The third-order valence-corrected chi connectivity index (χ3v) is 3.76. The average Bonchev–Trinajstić information content (AvgIpc) is 2.43. The van der Waals surface area contributed by atoms with Gasteiger partial charge in [0.1, 0.15) is 0 Å². The van der Waals surface area contributed by atoms with E-state index in [-0.39, 0.29) is 5.69 Å². The van der Waals surface area contributed by atoms with Crippen molar-refractivity contribution in [2.75, 3.05) is 19.5 Å². The number of thioether (sulfide) groups is 1. The summed E-state index contributed by atoms with van der Waals surface area (Å²) in [5.41, 5.74) is 0.725. The molecule has 0 radical (unpaired) electrons. The number of aromatic carboxylic acids is 1. The molecular weight excluding hydrogens is 264 g/mol. The summed E-state index contributed by atoms with van der Waals surface area (Å²) < 4.78 is 4.99. The van der Waals surface area contributed by atoms with E-state index in [1.807, 2.05) is 24.3 Å². The summed E-state index contributed by atoms with van der Waals surface area (Å²) in [6.45, 7) is 0.659. The van der Waals surface area contributed by atoms with Crippen LogP contribution in [-0.4, -0.2) is 40.7 Å². The molecule has 0 unspecified atom stereocenters. The summed E-state index contributed by atoms with van der Waals surface area (Å²) in [5.74, 6) is -0.267. The van der Waals surface area contributed by atoms with E-state index < -0.39 is 5.97 Å². The van der Waals surface area contributed by atoms with Gasteiger partial charge >= 0.3 is 5.97 Å². The van der Waals surface area contributed by atoms with Gasteiger partial charge in [-0.15, -0.1) is 22.0 Å². The zero-order valence-corrected chi connectivity index (χ0v) is 11.3. The van der Waals surface area contributed by atoms with E-state index in [1.54, 1.807) is 7.11 Å². The van der Waals surface area contributed by atoms with Crippen molar-refractivity contribution in [1.82, 2.24) is 10.2 Å². The Kier molecular flexibility index (Phi) is 4.70. The van der Waals surface area contributed by atoms with Crippen molar-refractivity contribution >= 4 is 28.6 Å². The van der Waals surface area contributed by atoms with Crippen LogP contribution in [0.2, 0.25) is 0 Å². The number of fused-ring (bicyclic) bond motifs is 1. The van der Waals surface area contributed by atoms with E-state index in [2.05, 4.69) is 10.2 Å². The van der Waals surface area contributed by atoms with Crippen molar-refractivity contribution in [2.24, 2.45) is 0 Å². The lowest BCUT2D eigenvalue weighted by atomic mass is 10.2. The molecule has 1 aromatic carbocycles. The highest BCUT2D eigenvalue weighted by molar-refractivity contribution is 7.99. The number of rotatable bonds is 6. The first-order chi connectivity index (χ1) is 9.24. The molecule has 0 fully saturated rings. The molecule has 19 heavy (non-hydrogen) atoms. The Bertz CT molecular complexity index is 589. The number of carboxylic acids is 1. The predicted molar refractivity (Wildman–Crippen MR) is 73.7 cm³/mol. The van der Waals surface area contributed by atoms with Gasteiger partial charge in [0.05, 0.1) is 10.4 Å². The number of carbonyl (C=O) groups is 1. The topological polar surface area (TPSA) is 72.3 Å². The standard InChI is InChI=1S/C13H14N2O3S/c1-18-7-4-8-19-12-9-5-2-3-6-10(9)14-15-11(12)13(16)17/h2-3,5-6H,4,7-8H2,1H3,(H,16,17). The number of ether oxygens (including phenoxy) is 1. The lowest BCUT2D eigenvalue weighted by molar-refractivity contribution is 0.0685. The number of hydrogen-bond donors (Lipinski definition) is 1. The summed E-state index contributed by atoms with van der Waals surface area (Å²) in [7, 11) is 1.65. The van der Waals surface area contributed by atoms with Gasteiger partial charge in [-0.2, -0.15) is 0 Å². The van der Waals surface area contributed by atoms with Crippen LogP contribution in [0.4, 0.5) is 0 Å². The van der Waals surface area contributed by atoms with Crippen molar-refractivity contribution < 1.29 is 14.6 Å². The molecule has 0 aliphatic rings. The minimum atomic E-state index is -1.05. The minimum absolute atomic E-state index is 0.0149. The highest BCUT2D eigenvalue weighted by atomic mass is 32.2. The SMILES string of the molecule is COCCCSc1c(C(=O)O)nnc2ccccc12. The molecule has 1 aromatic heterocycles. The van der Waals surface area contributed by atoms with Crippen LogP contribution in [0, 0.1) is 0 Å². The Hall–Kier alpha value is -1.66. The second-order valence-corrected chi connectivity index (χ2v) is 5.00. The number of aromatic nitrogens is 2. The Balaban J connectivity index is 2.35. The highest BCUT2D eigenvalue weighted by Crippen LogP contribution is 2.29. The first-order valence-electron chi connectivity index (χ1n) is 5.84. The zero-order valence-electron chi connectivity index (χ0n) is 10.5. The largest absolute Gasteiger partial charge is 0.476 e. The molecule has 100 valence electrons. The predicted octanol–water partition coefficient (Wildman–Crippen LogP) is 2.46. The summed E-state index contributed by atoms with van der Waals surface area (Å²) in [6, 6.07) is 7.42. The number of hydrogen-bond acceptors (Lipinski definition) is 5. The summed E-state index contributed by atoms with van der Waals surface area (Å²) in [4.78, 5) is 11.9. The van der Waals surface area contributed by atoms with Crippen LogP contribution in [0.1, 0.15) is 16.9 Å². The molecule has 0 saturated heterocycles. The number of methoxy groups -OCH3 is 1. The molecule has 0 atom stereocenters. The fourth-order valence-electron chi connectivity index (χ4n) is 1.69. The van der Waals surface area contributed by atoms with Crippen molar-refractivity contribution in [3.8, 4) is 0 Å². The van der Waals surface area contributed by atoms with Gasteiger partial charge in [0.2, 0.25) is 0 Å². The quantitative estimate of drug-likeness (QED) is 0.646. The first-order valence-corrected chi connectivity index (χ1v) is 6.83. The molecule has 0 aliphatic carbocycles. The smallest absolute Gasteiger partial charge is 0.357 e. The summed E-state index contributed by atoms with van der Waals surface area (Å²) >= 11 is 1.48. The van der Waals surface area contributed by atoms with E-state index >= 15 is 0 Å². The van der Waals surface area contributed by atoms with E-state index in [4.69, 9.17) is 4.74 Å². The van der Waals surface area contributed by atoms with Crippen LogP contribution in [0.25, 0.3) is 10.9 Å². The van der Waals surface area contributed by atoms with Gasteiger partial charge < -0.3 is 9.84 Å². The van der Waals surface area contributed by atoms with Gasteiger partial charge in [0, 0.05) is 24.9 Å². The van der Waals surface area contributed by atoms with Crippen LogP contribution in [0.15, 0.2) is 29.2 Å². The van der Waals surface area contributed by atoms with Crippen LogP contribution in [0.5, 0.6) is 0 Å². The molecule has 0 aliphatic heterocycles. The third kappa shape index (κ3) is 3.21.